The van der Waals surface area contributed by atoms with Gasteiger partial charge in [0.25, 0.3) is 0 Å². The maximum atomic E-state index is 2.50. The van der Waals surface area contributed by atoms with Gasteiger partial charge >= 0.3 is 0 Å². The summed E-state index contributed by atoms with van der Waals surface area (Å²) in [6, 6.07) is 46.7. The first kappa shape index (κ1) is 30.2. The van der Waals surface area contributed by atoms with E-state index < -0.39 is 0 Å². The predicted octanol–water partition coefficient (Wildman–Crippen LogP) is 13.2. The summed E-state index contributed by atoms with van der Waals surface area (Å²) in [5.74, 6) is 0.707. The molecule has 3 aliphatic rings. The highest BCUT2D eigenvalue weighted by Crippen LogP contribution is 2.51. The third-order valence-corrected chi connectivity index (χ3v) is 12.0. The Hall–Kier alpha value is -4.10. The van der Waals surface area contributed by atoms with Crippen LogP contribution in [-0.4, -0.2) is 0 Å². The zero-order valence-corrected chi connectivity index (χ0v) is 28.3. The van der Waals surface area contributed by atoms with Gasteiger partial charge in [0.15, 0.2) is 0 Å². The minimum Gasteiger partial charge on any atom is -0.310 e. The summed E-state index contributed by atoms with van der Waals surface area (Å²) in [5.41, 5.74) is 13.8. The molecular weight excluding hydrogens is 567 g/mol. The Morgan fingerprint density at radius 3 is 1.74 bits per heavy atom. The lowest BCUT2D eigenvalue weighted by atomic mass is 9.69. The number of fused-ring (bicyclic) bond motifs is 3. The Bertz CT molecular complexity index is 1820. The minimum atomic E-state index is -0.0378. The molecule has 1 heteroatoms. The topological polar surface area (TPSA) is 3.24 Å². The lowest BCUT2D eigenvalue weighted by Crippen LogP contribution is -2.27. The van der Waals surface area contributed by atoms with E-state index in [0.717, 1.165) is 0 Å². The van der Waals surface area contributed by atoms with E-state index in [2.05, 4.69) is 140 Å². The average Bonchev–Trinajstić information content (AvgIpc) is 3.26. The van der Waals surface area contributed by atoms with Gasteiger partial charge in [-0.2, -0.15) is 0 Å². The van der Waals surface area contributed by atoms with Crippen LogP contribution in [-0.2, 0) is 10.8 Å². The van der Waals surface area contributed by atoms with Crippen molar-refractivity contribution in [2.24, 2.45) is 0 Å². The monoisotopic (exact) mass is 615 g/mol. The van der Waals surface area contributed by atoms with Gasteiger partial charge in [-0.3, -0.25) is 0 Å². The van der Waals surface area contributed by atoms with Gasteiger partial charge in [0.2, 0.25) is 0 Å². The smallest absolute Gasteiger partial charge is 0.0465 e. The molecule has 0 unspecified atom stereocenters. The fourth-order valence-electron chi connectivity index (χ4n) is 9.37. The van der Waals surface area contributed by atoms with Gasteiger partial charge in [-0.05, 0) is 107 Å². The van der Waals surface area contributed by atoms with Crippen molar-refractivity contribution in [2.45, 2.75) is 101 Å². The van der Waals surface area contributed by atoms with Crippen LogP contribution in [0.25, 0.3) is 11.1 Å². The van der Waals surface area contributed by atoms with Crippen molar-refractivity contribution >= 4 is 17.1 Å². The standard InChI is InChI=1S/C46H49N/c1-45(2)43-20-12-11-19-41(43)42-30-29-40(33-44(42)45)47(38-25-21-35(22-26-38)34-15-7-5-8-16-34)39-27-23-37(24-28-39)46(31-13-3-4-14-32-46)36-17-9-6-10-18-36/h6,9-12,17-30,33-34H,3-5,7-8,13-16,31-32H2,1-2H3. The second-order valence-corrected chi connectivity index (χ2v) is 15.1. The lowest BCUT2D eigenvalue weighted by Gasteiger charge is -2.35. The van der Waals surface area contributed by atoms with E-state index in [1.54, 1.807) is 0 Å². The molecule has 0 saturated heterocycles. The SMILES string of the molecule is CC1(C)c2ccccc2-c2ccc(N(c3ccc(C4CCCCC4)cc3)c3ccc(C4(c5ccccc5)CCCCCC4)cc3)cc21. The van der Waals surface area contributed by atoms with Crippen molar-refractivity contribution in [3.05, 3.63) is 149 Å². The number of benzene rings is 5. The van der Waals surface area contributed by atoms with Crippen molar-refractivity contribution in [2.75, 3.05) is 4.90 Å². The van der Waals surface area contributed by atoms with Crippen LogP contribution >= 0.6 is 0 Å². The molecule has 5 aromatic rings. The van der Waals surface area contributed by atoms with Gasteiger partial charge in [-0.15, -0.1) is 0 Å². The van der Waals surface area contributed by atoms with Crippen molar-refractivity contribution in [3.63, 3.8) is 0 Å². The Morgan fingerprint density at radius 1 is 0.489 bits per heavy atom. The third kappa shape index (κ3) is 5.42. The van der Waals surface area contributed by atoms with E-state index in [-0.39, 0.29) is 10.8 Å². The highest BCUT2D eigenvalue weighted by atomic mass is 15.1. The van der Waals surface area contributed by atoms with E-state index >= 15 is 0 Å². The van der Waals surface area contributed by atoms with Crippen LogP contribution in [0.1, 0.15) is 118 Å². The quantitative estimate of drug-likeness (QED) is 0.172. The lowest BCUT2D eigenvalue weighted by molar-refractivity contribution is 0.443. The Labute approximate surface area is 282 Å². The Kier molecular flexibility index (Phi) is 8.04. The van der Waals surface area contributed by atoms with Gasteiger partial charge in [-0.1, -0.05) is 144 Å². The van der Waals surface area contributed by atoms with E-state index in [9.17, 15) is 0 Å². The summed E-state index contributed by atoms with van der Waals surface area (Å²) in [5, 5.41) is 0. The molecule has 0 aliphatic heterocycles. The van der Waals surface area contributed by atoms with Crippen molar-refractivity contribution in [1.29, 1.82) is 0 Å². The van der Waals surface area contributed by atoms with Crippen molar-refractivity contribution in [1.82, 2.24) is 0 Å². The van der Waals surface area contributed by atoms with Crippen LogP contribution in [0.2, 0.25) is 0 Å². The number of anilines is 3. The summed E-state index contributed by atoms with van der Waals surface area (Å²) in [7, 11) is 0. The first-order valence-electron chi connectivity index (χ1n) is 18.4. The second-order valence-electron chi connectivity index (χ2n) is 15.1. The summed E-state index contributed by atoms with van der Waals surface area (Å²) in [6.07, 6.45) is 14.5. The van der Waals surface area contributed by atoms with Crippen LogP contribution < -0.4 is 4.90 Å². The number of rotatable bonds is 6. The minimum absolute atomic E-state index is 0.0378. The fraction of sp³-hybridized carbons (Fsp3) is 0.348. The molecule has 0 amide bonds. The van der Waals surface area contributed by atoms with Gasteiger partial charge in [0.05, 0.1) is 0 Å². The molecule has 2 saturated carbocycles. The molecule has 0 atom stereocenters. The summed E-state index contributed by atoms with van der Waals surface area (Å²) < 4.78 is 0. The highest BCUT2D eigenvalue weighted by Gasteiger charge is 2.37. The summed E-state index contributed by atoms with van der Waals surface area (Å²) >= 11 is 0. The number of nitrogens with zero attached hydrogens (tertiary/aromatic N) is 1. The zero-order chi connectivity index (χ0) is 31.8. The first-order valence-corrected chi connectivity index (χ1v) is 18.4. The van der Waals surface area contributed by atoms with Gasteiger partial charge < -0.3 is 4.90 Å². The molecule has 0 aromatic heterocycles. The van der Waals surface area contributed by atoms with Gasteiger partial charge in [-0.25, -0.2) is 0 Å². The normalized spacial score (nSPS) is 18.6. The van der Waals surface area contributed by atoms with Crippen LogP contribution in [0, 0.1) is 0 Å². The highest BCUT2D eigenvalue weighted by molar-refractivity contribution is 5.85. The van der Waals surface area contributed by atoms with Crippen LogP contribution in [0.15, 0.2) is 121 Å². The van der Waals surface area contributed by atoms with Gasteiger partial charge in [0.1, 0.15) is 0 Å². The Morgan fingerprint density at radius 2 is 1.04 bits per heavy atom. The molecule has 0 N–H and O–H groups in total. The fourth-order valence-corrected chi connectivity index (χ4v) is 9.37. The molecule has 47 heavy (non-hydrogen) atoms. The largest absolute Gasteiger partial charge is 0.310 e. The molecule has 238 valence electrons. The molecular formula is C46H49N. The van der Waals surface area contributed by atoms with Crippen molar-refractivity contribution in [3.8, 4) is 11.1 Å². The maximum Gasteiger partial charge on any atom is 0.0465 e. The first-order chi connectivity index (χ1) is 23.0. The second kappa shape index (κ2) is 12.5. The maximum absolute atomic E-state index is 2.50. The summed E-state index contributed by atoms with van der Waals surface area (Å²) in [6.45, 7) is 4.77. The molecule has 0 heterocycles. The zero-order valence-electron chi connectivity index (χ0n) is 28.3. The van der Waals surface area contributed by atoms with E-state index in [4.69, 9.17) is 0 Å². The Balaban J connectivity index is 1.22. The van der Waals surface area contributed by atoms with Crippen LogP contribution in [0.4, 0.5) is 17.1 Å². The molecule has 3 aliphatic carbocycles. The third-order valence-electron chi connectivity index (χ3n) is 12.0. The molecule has 0 spiro atoms. The van der Waals surface area contributed by atoms with Crippen molar-refractivity contribution < 1.29 is 0 Å². The van der Waals surface area contributed by atoms with Crippen LogP contribution in [0.5, 0.6) is 0 Å². The molecule has 2 fully saturated rings. The van der Waals surface area contributed by atoms with E-state index in [1.165, 1.54) is 127 Å². The van der Waals surface area contributed by atoms with E-state index in [1.807, 2.05) is 0 Å². The molecule has 5 aromatic carbocycles. The number of hydrogen-bond acceptors (Lipinski definition) is 1. The van der Waals surface area contributed by atoms with E-state index in [0.29, 0.717) is 5.92 Å². The molecule has 1 nitrogen and oxygen atoms in total. The van der Waals surface area contributed by atoms with Crippen LogP contribution in [0.3, 0.4) is 0 Å². The molecule has 8 rings (SSSR count). The molecule has 0 bridgehead atoms. The number of hydrogen-bond donors (Lipinski definition) is 0. The average molecular weight is 616 g/mol. The predicted molar refractivity (Wildman–Crippen MR) is 199 cm³/mol. The van der Waals surface area contributed by atoms with Gasteiger partial charge in [0, 0.05) is 27.9 Å². The molecule has 0 radical (unpaired) electrons. The summed E-state index contributed by atoms with van der Waals surface area (Å²) in [4.78, 5) is 2.50.